The number of para-hydroxylation sites is 1. The molecule has 0 heterocycles. The molecule has 68 valence electrons. The lowest BCUT2D eigenvalue weighted by molar-refractivity contribution is -0.131. The van der Waals surface area contributed by atoms with Gasteiger partial charge < -0.3 is 10.4 Å². The Balaban J connectivity index is 2.62. The van der Waals surface area contributed by atoms with Crippen molar-refractivity contribution in [3.63, 3.8) is 0 Å². The van der Waals surface area contributed by atoms with E-state index >= 15 is 0 Å². The average Bonchev–Trinajstić information content (AvgIpc) is 2.15. The van der Waals surface area contributed by atoms with Gasteiger partial charge in [-0.15, -0.1) is 0 Å². The Kier molecular flexibility index (Phi) is 3.34. The van der Waals surface area contributed by atoms with Gasteiger partial charge in [0.1, 0.15) is 5.03 Å². The van der Waals surface area contributed by atoms with Gasteiger partial charge in [-0.1, -0.05) is 29.8 Å². The molecular formula is C9H8ClNO2. The molecule has 0 bridgehead atoms. The van der Waals surface area contributed by atoms with E-state index in [0.717, 1.165) is 5.69 Å². The molecule has 0 radical (unpaired) electrons. The predicted octanol–water partition coefficient (Wildman–Crippen LogP) is 2.26. The van der Waals surface area contributed by atoms with E-state index in [4.69, 9.17) is 16.7 Å². The van der Waals surface area contributed by atoms with E-state index in [1.54, 1.807) is 0 Å². The number of carbonyl (C=O) groups is 1. The number of carboxylic acids is 1. The molecule has 0 atom stereocenters. The minimum absolute atomic E-state index is 0.246. The summed E-state index contributed by atoms with van der Waals surface area (Å²) in [5.74, 6) is -1.15. The summed E-state index contributed by atoms with van der Waals surface area (Å²) in [7, 11) is 0. The molecule has 2 N–H and O–H groups in total. The zero-order chi connectivity index (χ0) is 9.68. The molecule has 0 aliphatic heterocycles. The summed E-state index contributed by atoms with van der Waals surface area (Å²) in [6, 6.07) is 9.16. The molecule has 13 heavy (non-hydrogen) atoms. The number of halogens is 1. The van der Waals surface area contributed by atoms with Crippen LogP contribution in [0.3, 0.4) is 0 Å². The average molecular weight is 198 g/mol. The topological polar surface area (TPSA) is 49.3 Å². The Hall–Kier alpha value is -1.48. The second kappa shape index (κ2) is 4.52. The zero-order valence-electron chi connectivity index (χ0n) is 6.70. The summed E-state index contributed by atoms with van der Waals surface area (Å²) < 4.78 is 0. The fourth-order valence-electron chi connectivity index (χ4n) is 0.743. The van der Waals surface area contributed by atoms with Crippen molar-refractivity contribution >= 4 is 23.3 Å². The van der Waals surface area contributed by atoms with Crippen LogP contribution in [0.15, 0.2) is 41.6 Å². The molecule has 0 aromatic heterocycles. The Morgan fingerprint density at radius 1 is 1.38 bits per heavy atom. The number of rotatable bonds is 3. The number of aliphatic carboxylic acids is 1. The lowest BCUT2D eigenvalue weighted by Gasteiger charge is -1.98. The zero-order valence-corrected chi connectivity index (χ0v) is 7.45. The van der Waals surface area contributed by atoms with Gasteiger partial charge in [0.2, 0.25) is 0 Å². The monoisotopic (exact) mass is 197 g/mol. The molecule has 0 saturated heterocycles. The third-order valence-electron chi connectivity index (χ3n) is 1.34. The highest BCUT2D eigenvalue weighted by atomic mass is 35.5. The molecule has 0 spiro atoms. The van der Waals surface area contributed by atoms with Crippen molar-refractivity contribution in [3.8, 4) is 0 Å². The van der Waals surface area contributed by atoms with Gasteiger partial charge in [0, 0.05) is 11.9 Å². The van der Waals surface area contributed by atoms with Gasteiger partial charge in [0.05, 0.1) is 0 Å². The number of carboxylic acid groups (broad SMARTS) is 1. The molecule has 3 nitrogen and oxygen atoms in total. The van der Waals surface area contributed by atoms with E-state index in [-0.39, 0.29) is 5.03 Å². The largest absolute Gasteiger partial charge is 0.477 e. The molecule has 0 aliphatic rings. The lowest BCUT2D eigenvalue weighted by atomic mass is 10.3. The van der Waals surface area contributed by atoms with E-state index in [1.807, 2.05) is 30.3 Å². The van der Waals surface area contributed by atoms with Gasteiger partial charge in [-0.05, 0) is 12.1 Å². The maximum Gasteiger partial charge on any atom is 0.348 e. The number of nitrogens with one attached hydrogen (secondary N) is 1. The van der Waals surface area contributed by atoms with Gasteiger partial charge in [-0.2, -0.15) is 0 Å². The summed E-state index contributed by atoms with van der Waals surface area (Å²) in [5.41, 5.74) is 0.793. The van der Waals surface area contributed by atoms with Crippen LogP contribution >= 0.6 is 11.6 Å². The molecule has 1 rings (SSSR count). The SMILES string of the molecule is O=C(O)C(Cl)=CNc1ccccc1. The summed E-state index contributed by atoms with van der Waals surface area (Å²) in [6.45, 7) is 0. The van der Waals surface area contributed by atoms with Gasteiger partial charge in [-0.25, -0.2) is 4.79 Å². The first-order valence-electron chi connectivity index (χ1n) is 3.60. The van der Waals surface area contributed by atoms with Crippen molar-refractivity contribution in [2.75, 3.05) is 5.32 Å². The highest BCUT2D eigenvalue weighted by molar-refractivity contribution is 6.41. The molecular weight excluding hydrogens is 190 g/mol. The minimum Gasteiger partial charge on any atom is -0.477 e. The van der Waals surface area contributed by atoms with Crippen LogP contribution < -0.4 is 5.32 Å². The number of hydrogen-bond acceptors (Lipinski definition) is 2. The van der Waals surface area contributed by atoms with Crippen LogP contribution in [0, 0.1) is 0 Å². The first-order chi connectivity index (χ1) is 6.20. The first-order valence-corrected chi connectivity index (χ1v) is 3.98. The molecule has 0 unspecified atom stereocenters. The third-order valence-corrected chi connectivity index (χ3v) is 1.61. The van der Waals surface area contributed by atoms with Crippen LogP contribution in [-0.2, 0) is 4.79 Å². The Morgan fingerprint density at radius 3 is 2.54 bits per heavy atom. The summed E-state index contributed by atoms with van der Waals surface area (Å²) >= 11 is 5.36. The standard InChI is InChI=1S/C9H8ClNO2/c10-8(9(12)13)6-11-7-4-2-1-3-5-7/h1-6,11H,(H,12,13). The van der Waals surface area contributed by atoms with Gasteiger partial charge >= 0.3 is 5.97 Å². The lowest BCUT2D eigenvalue weighted by Crippen LogP contribution is -1.97. The van der Waals surface area contributed by atoms with Crippen molar-refractivity contribution in [2.24, 2.45) is 0 Å². The fourth-order valence-corrected chi connectivity index (χ4v) is 0.797. The van der Waals surface area contributed by atoms with Crippen LogP contribution in [0.4, 0.5) is 5.69 Å². The Bertz CT molecular complexity index is 322. The van der Waals surface area contributed by atoms with Crippen molar-refractivity contribution in [3.05, 3.63) is 41.6 Å². The van der Waals surface area contributed by atoms with Crippen LogP contribution in [-0.4, -0.2) is 11.1 Å². The van der Waals surface area contributed by atoms with Gasteiger partial charge in [-0.3, -0.25) is 0 Å². The minimum atomic E-state index is -1.15. The summed E-state index contributed by atoms with van der Waals surface area (Å²) in [5, 5.41) is 10.9. The molecule has 1 aromatic rings. The maximum absolute atomic E-state index is 10.3. The second-order valence-electron chi connectivity index (χ2n) is 2.31. The highest BCUT2D eigenvalue weighted by Crippen LogP contribution is 2.07. The fraction of sp³-hybridized carbons (Fsp3) is 0. The van der Waals surface area contributed by atoms with E-state index in [9.17, 15) is 4.79 Å². The van der Waals surface area contributed by atoms with Crippen LogP contribution in [0.1, 0.15) is 0 Å². The molecule has 0 fully saturated rings. The van der Waals surface area contributed by atoms with E-state index in [1.165, 1.54) is 6.20 Å². The van der Waals surface area contributed by atoms with E-state index in [2.05, 4.69) is 5.32 Å². The predicted molar refractivity (Wildman–Crippen MR) is 51.6 cm³/mol. The smallest absolute Gasteiger partial charge is 0.348 e. The van der Waals surface area contributed by atoms with E-state index in [0.29, 0.717) is 0 Å². The number of benzene rings is 1. The van der Waals surface area contributed by atoms with Crippen LogP contribution in [0.5, 0.6) is 0 Å². The van der Waals surface area contributed by atoms with E-state index < -0.39 is 5.97 Å². The molecule has 0 saturated carbocycles. The van der Waals surface area contributed by atoms with Gasteiger partial charge in [0.25, 0.3) is 0 Å². The third kappa shape index (κ3) is 3.17. The highest BCUT2D eigenvalue weighted by Gasteiger charge is 2.00. The Morgan fingerprint density at radius 2 is 2.00 bits per heavy atom. The summed E-state index contributed by atoms with van der Waals surface area (Å²) in [6.07, 6.45) is 1.24. The van der Waals surface area contributed by atoms with Crippen LogP contribution in [0.2, 0.25) is 0 Å². The molecule has 1 aromatic carbocycles. The normalized spacial score (nSPS) is 11.0. The summed E-state index contributed by atoms with van der Waals surface area (Å²) in [4.78, 5) is 10.3. The quantitative estimate of drug-likeness (QED) is 0.731. The Labute approximate surface area is 80.6 Å². The molecule has 0 amide bonds. The second-order valence-corrected chi connectivity index (χ2v) is 2.71. The number of anilines is 1. The van der Waals surface area contributed by atoms with Gasteiger partial charge in [0.15, 0.2) is 0 Å². The van der Waals surface area contributed by atoms with Crippen molar-refractivity contribution in [2.45, 2.75) is 0 Å². The number of hydrogen-bond donors (Lipinski definition) is 2. The molecule has 4 heteroatoms. The van der Waals surface area contributed by atoms with Crippen molar-refractivity contribution in [1.82, 2.24) is 0 Å². The first kappa shape index (κ1) is 9.61. The van der Waals surface area contributed by atoms with Crippen LogP contribution in [0.25, 0.3) is 0 Å². The molecule has 0 aliphatic carbocycles. The van der Waals surface area contributed by atoms with Crippen molar-refractivity contribution in [1.29, 1.82) is 0 Å². The maximum atomic E-state index is 10.3. The van der Waals surface area contributed by atoms with Crippen molar-refractivity contribution < 1.29 is 9.90 Å².